The van der Waals surface area contributed by atoms with Crippen LogP contribution in [-0.4, -0.2) is 41.4 Å². The molecule has 174 valence electrons. The number of piperidine rings is 1. The van der Waals surface area contributed by atoms with Crippen LogP contribution in [0.1, 0.15) is 54.1 Å². The second-order valence-electron chi connectivity index (χ2n) is 8.44. The molecule has 1 unspecified atom stereocenters. The smallest absolute Gasteiger partial charge is 0.322 e. The highest BCUT2D eigenvalue weighted by Crippen LogP contribution is 2.27. The molecule has 1 saturated heterocycles. The number of nitrogens with one attached hydrogen (secondary N) is 1. The van der Waals surface area contributed by atoms with E-state index < -0.39 is 15.9 Å². The van der Waals surface area contributed by atoms with Gasteiger partial charge in [-0.25, -0.2) is 8.42 Å². The van der Waals surface area contributed by atoms with Gasteiger partial charge in [-0.1, -0.05) is 35.6 Å². The van der Waals surface area contributed by atoms with Crippen molar-refractivity contribution in [3.63, 3.8) is 0 Å². The van der Waals surface area contributed by atoms with Gasteiger partial charge >= 0.3 is 6.01 Å². The molecular weight excluding hydrogens is 440 g/mol. The highest BCUT2D eigenvalue weighted by molar-refractivity contribution is 7.89. The van der Waals surface area contributed by atoms with Crippen molar-refractivity contribution in [2.45, 2.75) is 57.4 Å². The van der Waals surface area contributed by atoms with E-state index in [4.69, 9.17) is 4.42 Å². The quantitative estimate of drug-likeness (QED) is 0.569. The third-order valence-corrected chi connectivity index (χ3v) is 7.85. The molecule has 3 aromatic rings. The van der Waals surface area contributed by atoms with E-state index in [9.17, 15) is 13.2 Å². The van der Waals surface area contributed by atoms with Crippen molar-refractivity contribution >= 4 is 21.9 Å². The summed E-state index contributed by atoms with van der Waals surface area (Å²) in [6, 6.07) is 11.8. The number of carbonyl (C=O) groups is 1. The zero-order chi connectivity index (χ0) is 23.6. The number of aryl methyl sites for hydroxylation is 2. The maximum Gasteiger partial charge on any atom is 0.322 e. The van der Waals surface area contributed by atoms with Crippen molar-refractivity contribution in [2.24, 2.45) is 0 Å². The number of hydrogen-bond acceptors (Lipinski definition) is 6. The van der Waals surface area contributed by atoms with Gasteiger partial charge in [-0.05, 0) is 69.5 Å². The lowest BCUT2D eigenvalue weighted by Gasteiger charge is -2.34. The minimum atomic E-state index is -3.60. The largest absolute Gasteiger partial charge is 0.403 e. The molecule has 1 aliphatic heterocycles. The Morgan fingerprint density at radius 3 is 2.45 bits per heavy atom. The second-order valence-corrected chi connectivity index (χ2v) is 10.3. The molecular formula is C24H28N4O4S. The molecule has 0 aliphatic carbocycles. The summed E-state index contributed by atoms with van der Waals surface area (Å²) < 4.78 is 33.4. The number of aromatic nitrogens is 2. The minimum Gasteiger partial charge on any atom is -0.403 e. The zero-order valence-corrected chi connectivity index (χ0v) is 19.9. The average Bonchev–Trinajstić information content (AvgIpc) is 3.27. The maximum atomic E-state index is 13.1. The van der Waals surface area contributed by atoms with Gasteiger partial charge in [-0.15, -0.1) is 5.10 Å². The van der Waals surface area contributed by atoms with Crippen LogP contribution < -0.4 is 5.32 Å². The van der Waals surface area contributed by atoms with Gasteiger partial charge in [0.2, 0.25) is 15.9 Å². The fourth-order valence-electron chi connectivity index (χ4n) is 4.27. The predicted molar refractivity (Wildman–Crippen MR) is 125 cm³/mol. The number of amides is 1. The Morgan fingerprint density at radius 2 is 1.79 bits per heavy atom. The van der Waals surface area contributed by atoms with Crippen molar-refractivity contribution in [3.05, 3.63) is 59.2 Å². The number of rotatable bonds is 6. The molecule has 2 aromatic carbocycles. The van der Waals surface area contributed by atoms with Crippen LogP contribution in [-0.2, 0) is 10.0 Å². The van der Waals surface area contributed by atoms with Gasteiger partial charge in [0, 0.05) is 23.7 Å². The van der Waals surface area contributed by atoms with Crippen LogP contribution in [0.2, 0.25) is 0 Å². The fraction of sp³-hybridized carbons (Fsp3) is 0.375. The highest BCUT2D eigenvalue weighted by Gasteiger charge is 2.32. The van der Waals surface area contributed by atoms with Gasteiger partial charge in [0.15, 0.2) is 0 Å². The van der Waals surface area contributed by atoms with Crippen LogP contribution in [0.4, 0.5) is 6.01 Å². The molecule has 8 nitrogen and oxygen atoms in total. The summed E-state index contributed by atoms with van der Waals surface area (Å²) in [4.78, 5) is 12.8. The van der Waals surface area contributed by atoms with Crippen LogP contribution in [0.15, 0.2) is 51.8 Å². The number of anilines is 1. The van der Waals surface area contributed by atoms with Crippen molar-refractivity contribution in [1.29, 1.82) is 0 Å². The van der Waals surface area contributed by atoms with Crippen LogP contribution in [0.25, 0.3) is 11.5 Å². The average molecular weight is 469 g/mol. The number of hydrogen-bond donors (Lipinski definition) is 1. The summed E-state index contributed by atoms with van der Waals surface area (Å²) in [5.74, 6) is -0.149. The third kappa shape index (κ3) is 4.99. The van der Waals surface area contributed by atoms with E-state index in [-0.39, 0.29) is 17.0 Å². The molecule has 0 radical (unpaired) electrons. The fourth-order valence-corrected chi connectivity index (χ4v) is 6.04. The van der Waals surface area contributed by atoms with Crippen molar-refractivity contribution in [3.8, 4) is 11.5 Å². The summed E-state index contributed by atoms with van der Waals surface area (Å²) in [7, 11) is -3.60. The first-order valence-electron chi connectivity index (χ1n) is 11.1. The Balaban J connectivity index is 1.47. The summed E-state index contributed by atoms with van der Waals surface area (Å²) >= 11 is 0. The molecule has 2 heterocycles. The first-order valence-corrected chi connectivity index (χ1v) is 12.6. The second kappa shape index (κ2) is 9.44. The Labute approximate surface area is 194 Å². The van der Waals surface area contributed by atoms with E-state index in [1.807, 2.05) is 39.0 Å². The summed E-state index contributed by atoms with van der Waals surface area (Å²) in [5.41, 5.74) is 3.21. The van der Waals surface area contributed by atoms with E-state index in [1.165, 1.54) is 24.3 Å². The molecule has 9 heteroatoms. The summed E-state index contributed by atoms with van der Waals surface area (Å²) in [6.07, 6.45) is 3.58. The Morgan fingerprint density at radius 1 is 1.09 bits per heavy atom. The first kappa shape index (κ1) is 23.1. The van der Waals surface area contributed by atoms with E-state index in [1.54, 1.807) is 4.31 Å². The normalized spacial score (nSPS) is 17.1. The van der Waals surface area contributed by atoms with Crippen molar-refractivity contribution in [1.82, 2.24) is 14.5 Å². The Hall–Kier alpha value is -3.04. The van der Waals surface area contributed by atoms with Crippen LogP contribution >= 0.6 is 0 Å². The lowest BCUT2D eigenvalue weighted by atomic mass is 10.0. The SMILES string of the molecule is CCC1CCCCN1S(=O)(=O)c1ccc(C(=O)Nc2nnc(-c3cc(C)cc(C)c3)o2)cc1. The Bertz CT molecular complexity index is 1230. The monoisotopic (exact) mass is 468 g/mol. The van der Waals surface area contributed by atoms with E-state index in [0.29, 0.717) is 18.0 Å². The summed E-state index contributed by atoms with van der Waals surface area (Å²) in [6.45, 7) is 6.50. The molecule has 4 rings (SSSR count). The minimum absolute atomic E-state index is 0.0232. The lowest BCUT2D eigenvalue weighted by molar-refractivity contribution is 0.102. The van der Waals surface area contributed by atoms with Crippen molar-refractivity contribution in [2.75, 3.05) is 11.9 Å². The molecule has 1 fully saturated rings. The number of nitrogens with zero attached hydrogens (tertiary/aromatic N) is 3. The molecule has 33 heavy (non-hydrogen) atoms. The van der Waals surface area contributed by atoms with Gasteiger partial charge in [-0.3, -0.25) is 10.1 Å². The number of carbonyl (C=O) groups excluding carboxylic acids is 1. The zero-order valence-electron chi connectivity index (χ0n) is 19.0. The number of benzene rings is 2. The number of sulfonamides is 1. The molecule has 1 amide bonds. The molecule has 0 saturated carbocycles. The van der Waals surface area contributed by atoms with Gasteiger partial charge < -0.3 is 4.42 Å². The van der Waals surface area contributed by atoms with E-state index >= 15 is 0 Å². The van der Waals surface area contributed by atoms with Gasteiger partial charge in [-0.2, -0.15) is 4.31 Å². The molecule has 0 spiro atoms. The molecule has 0 bridgehead atoms. The predicted octanol–water partition coefficient (Wildman–Crippen LogP) is 4.56. The third-order valence-electron chi connectivity index (χ3n) is 5.88. The van der Waals surface area contributed by atoms with Crippen LogP contribution in [0.5, 0.6) is 0 Å². The van der Waals surface area contributed by atoms with Crippen LogP contribution in [0.3, 0.4) is 0 Å². The topological polar surface area (TPSA) is 105 Å². The molecule has 1 atom stereocenters. The van der Waals surface area contributed by atoms with Gasteiger partial charge in [0.05, 0.1) is 4.90 Å². The first-order chi connectivity index (χ1) is 15.8. The van der Waals surface area contributed by atoms with E-state index in [2.05, 4.69) is 15.5 Å². The highest BCUT2D eigenvalue weighted by atomic mass is 32.2. The maximum absolute atomic E-state index is 13.1. The lowest BCUT2D eigenvalue weighted by Crippen LogP contribution is -2.43. The molecule has 1 aliphatic rings. The Kier molecular flexibility index (Phi) is 6.62. The standard InChI is InChI=1S/C24H28N4O4S/c1-4-20-7-5-6-12-28(20)33(30,31)21-10-8-18(9-11-21)22(29)25-24-27-26-23(32-24)19-14-16(2)13-17(3)15-19/h8-11,13-15,20H,4-7,12H2,1-3H3,(H,25,27,29). The van der Waals surface area contributed by atoms with Crippen LogP contribution in [0, 0.1) is 13.8 Å². The van der Waals surface area contributed by atoms with Crippen molar-refractivity contribution < 1.29 is 17.6 Å². The molecule has 1 N–H and O–H groups in total. The van der Waals surface area contributed by atoms with Gasteiger partial charge in [0.25, 0.3) is 5.91 Å². The van der Waals surface area contributed by atoms with E-state index in [0.717, 1.165) is 42.4 Å². The summed E-state index contributed by atoms with van der Waals surface area (Å²) in [5, 5.41) is 10.5. The van der Waals surface area contributed by atoms with Gasteiger partial charge in [0.1, 0.15) is 0 Å². The molecule has 1 aromatic heterocycles.